The summed E-state index contributed by atoms with van der Waals surface area (Å²) in [6.45, 7) is 0. The molecule has 0 radical (unpaired) electrons. The summed E-state index contributed by atoms with van der Waals surface area (Å²) in [5.41, 5.74) is -1.21. The lowest BCUT2D eigenvalue weighted by Crippen LogP contribution is -2.19. The number of carbonyl (C=O) groups is 4. The van der Waals surface area contributed by atoms with Gasteiger partial charge in [-0.2, -0.15) is 0 Å². The Bertz CT molecular complexity index is 832. The fourth-order valence-electron chi connectivity index (χ4n) is 1.78. The molecular formula is C15H10N2O7. The third kappa shape index (κ3) is 3.40. The Morgan fingerprint density at radius 1 is 0.833 bits per heavy atom. The minimum absolute atomic E-state index is 0.144. The Balaban J connectivity index is 2.30. The molecule has 0 aliphatic heterocycles. The van der Waals surface area contributed by atoms with Gasteiger partial charge in [-0.1, -0.05) is 0 Å². The molecule has 0 fully saturated rings. The fourth-order valence-corrected chi connectivity index (χ4v) is 1.78. The number of methoxy groups -OCH3 is 1. The highest BCUT2D eigenvalue weighted by Gasteiger charge is 2.24. The van der Waals surface area contributed by atoms with Crippen molar-refractivity contribution in [1.82, 2.24) is 9.97 Å². The van der Waals surface area contributed by atoms with Crippen LogP contribution in [0.15, 0.2) is 36.9 Å². The molecule has 9 heteroatoms. The molecule has 0 aliphatic rings. The molecule has 9 nitrogen and oxygen atoms in total. The summed E-state index contributed by atoms with van der Waals surface area (Å²) in [6.07, 6.45) is 4.43. The van der Waals surface area contributed by atoms with E-state index >= 15 is 0 Å². The number of ether oxygens (including phenoxy) is 2. The average Bonchev–Trinajstić information content (AvgIpc) is 2.60. The van der Waals surface area contributed by atoms with Gasteiger partial charge in [-0.3, -0.25) is 9.97 Å². The van der Waals surface area contributed by atoms with E-state index in [0.717, 1.165) is 25.6 Å². The third-order valence-electron chi connectivity index (χ3n) is 2.90. The van der Waals surface area contributed by atoms with Crippen molar-refractivity contribution in [2.45, 2.75) is 0 Å². The largest absolute Gasteiger partial charge is 0.478 e. The van der Waals surface area contributed by atoms with Crippen molar-refractivity contribution in [3.05, 3.63) is 59.2 Å². The van der Waals surface area contributed by atoms with Crippen LogP contribution in [-0.4, -0.2) is 46.1 Å². The van der Waals surface area contributed by atoms with Crippen LogP contribution in [0, 0.1) is 0 Å². The standard InChI is InChI=1S/C15H10N2O7/c1-23-13(20)9-3-5-17-7-11(9)15(22)24-14(21)10-6-16-4-2-8(10)12(18)19/h2-7H,1H3,(H,18,19). The molecule has 0 amide bonds. The number of aromatic nitrogens is 2. The van der Waals surface area contributed by atoms with E-state index in [0.29, 0.717) is 0 Å². The van der Waals surface area contributed by atoms with Crippen molar-refractivity contribution in [1.29, 1.82) is 0 Å². The number of aromatic carboxylic acids is 1. The van der Waals surface area contributed by atoms with Crippen LogP contribution in [0.5, 0.6) is 0 Å². The van der Waals surface area contributed by atoms with Gasteiger partial charge >= 0.3 is 23.9 Å². The Labute approximate surface area is 134 Å². The molecule has 24 heavy (non-hydrogen) atoms. The zero-order valence-electron chi connectivity index (χ0n) is 12.3. The highest BCUT2D eigenvalue weighted by molar-refractivity contribution is 6.10. The van der Waals surface area contributed by atoms with E-state index in [-0.39, 0.29) is 16.7 Å². The van der Waals surface area contributed by atoms with E-state index in [9.17, 15) is 19.2 Å². The van der Waals surface area contributed by atoms with Crippen molar-refractivity contribution in [2.24, 2.45) is 0 Å². The van der Waals surface area contributed by atoms with Crippen LogP contribution in [0.2, 0.25) is 0 Å². The predicted molar refractivity (Wildman–Crippen MR) is 76.5 cm³/mol. The lowest BCUT2D eigenvalue weighted by Gasteiger charge is -2.07. The van der Waals surface area contributed by atoms with Gasteiger partial charge in [-0.25, -0.2) is 19.2 Å². The minimum Gasteiger partial charge on any atom is -0.478 e. The van der Waals surface area contributed by atoms with Crippen LogP contribution in [0.3, 0.4) is 0 Å². The molecule has 2 aromatic heterocycles. The molecule has 0 saturated heterocycles. The van der Waals surface area contributed by atoms with Crippen LogP contribution in [-0.2, 0) is 9.47 Å². The summed E-state index contributed by atoms with van der Waals surface area (Å²) in [5, 5.41) is 9.02. The van der Waals surface area contributed by atoms with Gasteiger partial charge in [0.05, 0.1) is 29.4 Å². The lowest BCUT2D eigenvalue weighted by atomic mass is 10.1. The molecule has 0 aliphatic carbocycles. The summed E-state index contributed by atoms with van der Waals surface area (Å²) in [6, 6.07) is 2.31. The Kier molecular flexibility index (Phi) is 4.95. The van der Waals surface area contributed by atoms with Crippen LogP contribution < -0.4 is 0 Å². The Morgan fingerprint density at radius 3 is 1.83 bits per heavy atom. The van der Waals surface area contributed by atoms with E-state index in [1.54, 1.807) is 0 Å². The van der Waals surface area contributed by atoms with Crippen LogP contribution in [0.4, 0.5) is 0 Å². The number of carboxylic acids is 1. The van der Waals surface area contributed by atoms with E-state index in [1.807, 2.05) is 0 Å². The number of carboxylic acid groups (broad SMARTS) is 1. The number of hydrogen-bond acceptors (Lipinski definition) is 8. The molecular weight excluding hydrogens is 320 g/mol. The maximum atomic E-state index is 12.1. The van der Waals surface area contributed by atoms with Crippen molar-refractivity contribution < 1.29 is 33.8 Å². The molecule has 0 aromatic carbocycles. The van der Waals surface area contributed by atoms with Crippen molar-refractivity contribution in [2.75, 3.05) is 7.11 Å². The normalized spacial score (nSPS) is 9.88. The zero-order valence-corrected chi connectivity index (χ0v) is 12.3. The second-order valence-corrected chi connectivity index (χ2v) is 4.32. The molecule has 0 spiro atoms. The van der Waals surface area contributed by atoms with Crippen LogP contribution in [0.1, 0.15) is 41.4 Å². The summed E-state index contributed by atoms with van der Waals surface area (Å²) in [4.78, 5) is 54.1. The molecule has 1 N–H and O–H groups in total. The number of rotatable bonds is 4. The first kappa shape index (κ1) is 16.7. The average molecular weight is 330 g/mol. The summed E-state index contributed by atoms with van der Waals surface area (Å²) in [7, 11) is 1.12. The summed E-state index contributed by atoms with van der Waals surface area (Å²) >= 11 is 0. The number of esters is 3. The maximum absolute atomic E-state index is 12.1. The van der Waals surface area contributed by atoms with Gasteiger partial charge in [0.25, 0.3) is 0 Å². The predicted octanol–water partition coefficient (Wildman–Crippen LogP) is 0.959. The molecule has 2 aromatic rings. The number of carbonyl (C=O) groups excluding carboxylic acids is 3. The van der Waals surface area contributed by atoms with Gasteiger partial charge in [0, 0.05) is 24.8 Å². The summed E-state index contributed by atoms with van der Waals surface area (Å²) < 4.78 is 9.14. The van der Waals surface area contributed by atoms with E-state index in [4.69, 9.17) is 5.11 Å². The van der Waals surface area contributed by atoms with Crippen molar-refractivity contribution in [3.8, 4) is 0 Å². The molecule has 0 saturated carbocycles. The lowest BCUT2D eigenvalue weighted by molar-refractivity contribution is 0.0384. The zero-order chi connectivity index (χ0) is 17.7. The van der Waals surface area contributed by atoms with Crippen molar-refractivity contribution >= 4 is 23.9 Å². The summed E-state index contributed by atoms with van der Waals surface area (Å²) in [5.74, 6) is -4.59. The van der Waals surface area contributed by atoms with Crippen molar-refractivity contribution in [3.63, 3.8) is 0 Å². The van der Waals surface area contributed by atoms with E-state index in [1.165, 1.54) is 18.5 Å². The third-order valence-corrected chi connectivity index (χ3v) is 2.90. The molecule has 2 rings (SSSR count). The smallest absolute Gasteiger partial charge is 0.348 e. The number of hydrogen-bond donors (Lipinski definition) is 1. The number of nitrogens with zero attached hydrogens (tertiary/aromatic N) is 2. The molecule has 0 unspecified atom stereocenters. The maximum Gasteiger partial charge on any atom is 0.348 e. The van der Waals surface area contributed by atoms with Gasteiger partial charge in [0.2, 0.25) is 0 Å². The second-order valence-electron chi connectivity index (χ2n) is 4.32. The fraction of sp³-hybridized carbons (Fsp3) is 0.0667. The molecule has 122 valence electrons. The second kappa shape index (κ2) is 7.09. The monoisotopic (exact) mass is 330 g/mol. The molecule has 0 atom stereocenters. The van der Waals surface area contributed by atoms with Gasteiger partial charge < -0.3 is 14.6 Å². The number of pyridine rings is 2. The Morgan fingerprint density at radius 2 is 1.33 bits per heavy atom. The van der Waals surface area contributed by atoms with Crippen LogP contribution >= 0.6 is 0 Å². The SMILES string of the molecule is COC(=O)c1ccncc1C(=O)OC(=O)c1cnccc1C(=O)O. The molecule has 2 heterocycles. The Hall–Kier alpha value is -3.62. The topological polar surface area (TPSA) is 133 Å². The molecule has 0 bridgehead atoms. The first-order valence-corrected chi connectivity index (χ1v) is 6.41. The van der Waals surface area contributed by atoms with E-state index in [2.05, 4.69) is 19.4 Å². The first-order valence-electron chi connectivity index (χ1n) is 6.41. The quantitative estimate of drug-likeness (QED) is 0.642. The van der Waals surface area contributed by atoms with Gasteiger partial charge in [0.15, 0.2) is 0 Å². The van der Waals surface area contributed by atoms with Gasteiger partial charge in [-0.05, 0) is 12.1 Å². The van der Waals surface area contributed by atoms with Gasteiger partial charge in [0.1, 0.15) is 0 Å². The minimum atomic E-state index is -1.38. The first-order chi connectivity index (χ1) is 11.5. The van der Waals surface area contributed by atoms with E-state index < -0.39 is 29.4 Å². The van der Waals surface area contributed by atoms with Crippen LogP contribution in [0.25, 0.3) is 0 Å². The highest BCUT2D eigenvalue weighted by atomic mass is 16.6. The van der Waals surface area contributed by atoms with Gasteiger partial charge in [-0.15, -0.1) is 0 Å². The highest BCUT2D eigenvalue weighted by Crippen LogP contribution is 2.13.